The van der Waals surface area contributed by atoms with Gasteiger partial charge in [-0.1, -0.05) is 28.7 Å². The molecule has 1 aromatic heterocycles. The van der Waals surface area contributed by atoms with Crippen LogP contribution >= 0.6 is 22.6 Å². The quantitative estimate of drug-likeness (QED) is 0.212. The summed E-state index contributed by atoms with van der Waals surface area (Å²) in [6.07, 6.45) is 0.892. The predicted octanol–water partition coefficient (Wildman–Crippen LogP) is 3.53. The Morgan fingerprint density at radius 1 is 1.09 bits per heavy atom. The largest absolute Gasteiger partial charge is 0.497 e. The van der Waals surface area contributed by atoms with E-state index in [1.807, 2.05) is 36.4 Å². The molecule has 4 rings (SSSR count). The van der Waals surface area contributed by atoms with E-state index in [-0.39, 0.29) is 11.8 Å². The van der Waals surface area contributed by atoms with Crippen molar-refractivity contribution >= 4 is 51.2 Å². The summed E-state index contributed by atoms with van der Waals surface area (Å²) in [6, 6.07) is 11.2. The summed E-state index contributed by atoms with van der Waals surface area (Å²) in [4.78, 5) is 21.5. The number of ether oxygens (including phenoxy) is 3. The van der Waals surface area contributed by atoms with Gasteiger partial charge in [0.1, 0.15) is 22.8 Å². The normalized spacial score (nSPS) is 16.9. The number of benzene rings is 2. The first-order valence-corrected chi connectivity index (χ1v) is 11.3. The molecule has 1 aliphatic carbocycles. The van der Waals surface area contributed by atoms with Crippen LogP contribution in [0.2, 0.25) is 0 Å². The number of aromatic nitrogens is 2. The number of nitrogens with zero attached hydrogens (tertiary/aromatic N) is 2. The number of fused-ring (bicyclic) bond motifs is 1. The minimum Gasteiger partial charge on any atom is -0.497 e. The second kappa shape index (κ2) is 9.63. The van der Waals surface area contributed by atoms with Crippen molar-refractivity contribution in [2.45, 2.75) is 16.9 Å². The Kier molecular flexibility index (Phi) is 6.68. The smallest absolute Gasteiger partial charge is 0.242 e. The van der Waals surface area contributed by atoms with E-state index in [0.717, 1.165) is 17.4 Å². The molecule has 10 heteroatoms. The third-order valence-electron chi connectivity index (χ3n) is 5.19. The molecule has 1 saturated carbocycles. The van der Waals surface area contributed by atoms with Crippen LogP contribution in [-0.2, 0) is 11.3 Å². The third kappa shape index (κ3) is 4.74. The lowest BCUT2D eigenvalue weighted by atomic mass is 10.2. The number of para-hydroxylation sites is 1. The molecular formula is C22H24IN5O4. The number of rotatable bonds is 9. The molecule has 0 saturated heterocycles. The lowest BCUT2D eigenvalue weighted by Gasteiger charge is -2.15. The van der Waals surface area contributed by atoms with Crippen LogP contribution in [0.3, 0.4) is 0 Å². The van der Waals surface area contributed by atoms with E-state index in [0.29, 0.717) is 45.0 Å². The van der Waals surface area contributed by atoms with Crippen molar-refractivity contribution in [1.29, 1.82) is 0 Å². The fourth-order valence-electron chi connectivity index (χ4n) is 3.29. The van der Waals surface area contributed by atoms with Gasteiger partial charge in [-0.05, 0) is 30.7 Å². The number of carbonyl (C=O) groups is 1. The van der Waals surface area contributed by atoms with Gasteiger partial charge in [0.2, 0.25) is 11.9 Å². The topological polar surface area (TPSA) is 107 Å². The van der Waals surface area contributed by atoms with Crippen LogP contribution in [0.5, 0.6) is 17.2 Å². The molecule has 3 aromatic rings. The molecule has 1 fully saturated rings. The molecule has 0 aliphatic heterocycles. The molecule has 168 valence electrons. The Bertz CT molecular complexity index is 1140. The van der Waals surface area contributed by atoms with Gasteiger partial charge in [-0.15, -0.1) is 0 Å². The number of carbonyl (C=O) groups excluding carboxylic acids is 1. The molecule has 2 atom stereocenters. The van der Waals surface area contributed by atoms with Gasteiger partial charge in [-0.3, -0.25) is 15.6 Å². The van der Waals surface area contributed by atoms with E-state index in [1.54, 1.807) is 21.3 Å². The zero-order valence-electron chi connectivity index (χ0n) is 17.9. The lowest BCUT2D eigenvalue weighted by Crippen LogP contribution is -2.32. The average Bonchev–Trinajstić information content (AvgIpc) is 3.56. The highest BCUT2D eigenvalue weighted by Crippen LogP contribution is 2.38. The first kappa shape index (κ1) is 22.2. The van der Waals surface area contributed by atoms with E-state index in [4.69, 9.17) is 14.2 Å². The molecule has 2 unspecified atom stereocenters. The molecule has 3 N–H and O–H groups in total. The summed E-state index contributed by atoms with van der Waals surface area (Å²) in [7, 11) is 4.81. The van der Waals surface area contributed by atoms with E-state index >= 15 is 0 Å². The first-order valence-electron chi connectivity index (χ1n) is 10.0. The number of hydrogen-bond acceptors (Lipinski definition) is 8. The Labute approximate surface area is 199 Å². The highest BCUT2D eigenvalue weighted by molar-refractivity contribution is 14.1. The van der Waals surface area contributed by atoms with Crippen molar-refractivity contribution in [3.8, 4) is 17.2 Å². The number of hydrogen-bond donors (Lipinski definition) is 3. The number of hydrazine groups is 1. The van der Waals surface area contributed by atoms with E-state index in [1.165, 1.54) is 0 Å². The van der Waals surface area contributed by atoms with Crippen molar-refractivity contribution in [2.24, 2.45) is 5.92 Å². The van der Waals surface area contributed by atoms with Gasteiger partial charge in [0.15, 0.2) is 5.82 Å². The number of halogens is 1. The van der Waals surface area contributed by atoms with E-state index in [2.05, 4.69) is 48.7 Å². The molecule has 0 spiro atoms. The highest BCUT2D eigenvalue weighted by Gasteiger charge is 2.41. The summed E-state index contributed by atoms with van der Waals surface area (Å²) < 4.78 is 16.6. The predicted molar refractivity (Wildman–Crippen MR) is 131 cm³/mol. The Morgan fingerprint density at radius 2 is 1.88 bits per heavy atom. The van der Waals surface area contributed by atoms with Crippen molar-refractivity contribution in [3.63, 3.8) is 0 Å². The standard InChI is InChI=1S/C22H24IN5O4/c1-30-13-8-7-12(18(9-13)32-3)11-24-22-25-19-14(5-4-6-17(19)31-2)20(26-22)27-28-21(29)15-10-16(15)23/h4-9,15-16H,10-11H2,1-3H3,(H,28,29)(H2,24,25,26,27). The molecule has 0 radical (unpaired) electrons. The van der Waals surface area contributed by atoms with Gasteiger partial charge in [-0.25, -0.2) is 4.98 Å². The average molecular weight is 549 g/mol. The summed E-state index contributed by atoms with van der Waals surface area (Å²) in [5.41, 5.74) is 7.28. The number of amides is 1. The van der Waals surface area contributed by atoms with E-state index < -0.39 is 0 Å². The van der Waals surface area contributed by atoms with Gasteiger partial charge >= 0.3 is 0 Å². The molecule has 0 bridgehead atoms. The van der Waals surface area contributed by atoms with Crippen LogP contribution in [0.4, 0.5) is 11.8 Å². The third-order valence-corrected chi connectivity index (χ3v) is 6.57. The molecule has 9 nitrogen and oxygen atoms in total. The maximum atomic E-state index is 12.3. The summed E-state index contributed by atoms with van der Waals surface area (Å²) >= 11 is 2.28. The Balaban J connectivity index is 1.60. The number of nitrogens with one attached hydrogen (secondary N) is 3. The van der Waals surface area contributed by atoms with Crippen LogP contribution in [0.1, 0.15) is 12.0 Å². The second-order valence-electron chi connectivity index (χ2n) is 7.26. The van der Waals surface area contributed by atoms with Gasteiger partial charge in [0.25, 0.3) is 0 Å². The number of methoxy groups -OCH3 is 3. The lowest BCUT2D eigenvalue weighted by molar-refractivity contribution is -0.121. The zero-order chi connectivity index (χ0) is 22.7. The molecule has 1 amide bonds. The van der Waals surface area contributed by atoms with Gasteiger partial charge in [0, 0.05) is 27.5 Å². The Hall–Kier alpha value is -3.02. The van der Waals surface area contributed by atoms with Crippen molar-refractivity contribution in [3.05, 3.63) is 42.0 Å². The molecule has 1 aliphatic rings. The summed E-state index contributed by atoms with van der Waals surface area (Å²) in [5, 5.41) is 3.97. The fraction of sp³-hybridized carbons (Fsp3) is 0.318. The Morgan fingerprint density at radius 3 is 2.56 bits per heavy atom. The number of alkyl halides is 1. The summed E-state index contributed by atoms with van der Waals surface area (Å²) in [6.45, 7) is 0.429. The fourth-order valence-corrected chi connectivity index (χ4v) is 4.16. The van der Waals surface area contributed by atoms with Crippen LogP contribution < -0.4 is 30.4 Å². The monoisotopic (exact) mass is 549 g/mol. The van der Waals surface area contributed by atoms with Crippen LogP contribution in [0, 0.1) is 5.92 Å². The van der Waals surface area contributed by atoms with Gasteiger partial charge in [-0.2, -0.15) is 4.98 Å². The van der Waals surface area contributed by atoms with Crippen LogP contribution in [-0.4, -0.2) is 41.1 Å². The minimum absolute atomic E-state index is 0.0332. The molecule has 2 aromatic carbocycles. The maximum absolute atomic E-state index is 12.3. The van der Waals surface area contributed by atoms with Gasteiger partial charge in [0.05, 0.1) is 27.2 Å². The van der Waals surface area contributed by atoms with Crippen LogP contribution in [0.25, 0.3) is 10.9 Å². The zero-order valence-corrected chi connectivity index (χ0v) is 20.1. The molecule has 1 heterocycles. The maximum Gasteiger partial charge on any atom is 0.242 e. The summed E-state index contributed by atoms with van der Waals surface area (Å²) in [5.74, 6) is 2.87. The minimum atomic E-state index is -0.0449. The van der Waals surface area contributed by atoms with Crippen molar-refractivity contribution in [2.75, 3.05) is 32.1 Å². The van der Waals surface area contributed by atoms with Crippen molar-refractivity contribution in [1.82, 2.24) is 15.4 Å². The van der Waals surface area contributed by atoms with E-state index in [9.17, 15) is 4.79 Å². The van der Waals surface area contributed by atoms with Gasteiger partial charge < -0.3 is 19.5 Å². The highest BCUT2D eigenvalue weighted by atomic mass is 127. The van der Waals surface area contributed by atoms with Crippen molar-refractivity contribution < 1.29 is 19.0 Å². The SMILES string of the molecule is COc1ccc(CNc2nc(NNC(=O)C3CC3I)c3cccc(OC)c3n2)c(OC)c1. The number of anilines is 2. The first-order chi connectivity index (χ1) is 15.5. The van der Waals surface area contributed by atoms with Crippen LogP contribution in [0.15, 0.2) is 36.4 Å². The second-order valence-corrected chi connectivity index (χ2v) is 8.86. The molecule has 32 heavy (non-hydrogen) atoms. The molecular weight excluding hydrogens is 525 g/mol.